The molecule has 3 rings (SSSR count). The monoisotopic (exact) mass is 344 g/mol. The van der Waals surface area contributed by atoms with Gasteiger partial charge in [0.2, 0.25) is 0 Å². The SMILES string of the molecule is Cc1csc(Nc2ncccc2OC2=CC=CCC2(C)[N+](=O)[O-])n1. The number of ether oxygens (including phenoxy) is 1. The maximum Gasteiger partial charge on any atom is 0.279 e. The summed E-state index contributed by atoms with van der Waals surface area (Å²) in [6.45, 7) is 3.45. The minimum absolute atomic E-state index is 0.278. The lowest BCUT2D eigenvalue weighted by molar-refractivity contribution is -0.556. The Morgan fingerprint density at radius 1 is 1.50 bits per heavy atom. The van der Waals surface area contributed by atoms with Gasteiger partial charge in [-0.25, -0.2) is 9.97 Å². The van der Waals surface area contributed by atoms with Crippen LogP contribution >= 0.6 is 11.3 Å². The summed E-state index contributed by atoms with van der Waals surface area (Å²) in [5, 5.41) is 17.2. The third-order valence-electron chi connectivity index (χ3n) is 3.67. The Morgan fingerprint density at radius 2 is 2.33 bits per heavy atom. The molecule has 2 aromatic rings. The molecule has 0 aliphatic heterocycles. The molecule has 2 heterocycles. The van der Waals surface area contributed by atoms with E-state index in [0.29, 0.717) is 16.7 Å². The third-order valence-corrected chi connectivity index (χ3v) is 4.54. The van der Waals surface area contributed by atoms with Crippen LogP contribution in [-0.2, 0) is 0 Å². The first-order chi connectivity index (χ1) is 11.5. The van der Waals surface area contributed by atoms with E-state index >= 15 is 0 Å². The number of aryl methyl sites for hydroxylation is 1. The molecule has 0 fully saturated rings. The van der Waals surface area contributed by atoms with Gasteiger partial charge in [-0.1, -0.05) is 12.2 Å². The van der Waals surface area contributed by atoms with Crippen molar-refractivity contribution in [3.8, 4) is 5.75 Å². The Kier molecular flexibility index (Phi) is 4.30. The molecule has 1 N–H and O–H groups in total. The number of anilines is 2. The van der Waals surface area contributed by atoms with Gasteiger partial charge < -0.3 is 10.1 Å². The third kappa shape index (κ3) is 3.13. The quantitative estimate of drug-likeness (QED) is 0.654. The Bertz CT molecular complexity index is 830. The van der Waals surface area contributed by atoms with E-state index in [2.05, 4.69) is 15.3 Å². The predicted molar refractivity (Wildman–Crippen MR) is 92.2 cm³/mol. The maximum absolute atomic E-state index is 11.5. The molecule has 0 radical (unpaired) electrons. The molecule has 7 nitrogen and oxygen atoms in total. The van der Waals surface area contributed by atoms with Gasteiger partial charge in [-0.05, 0) is 25.1 Å². The molecule has 2 aromatic heterocycles. The zero-order valence-electron chi connectivity index (χ0n) is 13.2. The lowest BCUT2D eigenvalue weighted by atomic mass is 9.92. The van der Waals surface area contributed by atoms with E-state index in [0.717, 1.165) is 5.69 Å². The Balaban J connectivity index is 1.89. The number of nitro groups is 1. The molecular weight excluding hydrogens is 328 g/mol. The van der Waals surface area contributed by atoms with Crippen LogP contribution in [-0.4, -0.2) is 20.4 Å². The molecule has 0 spiro atoms. The number of aromatic nitrogens is 2. The van der Waals surface area contributed by atoms with E-state index < -0.39 is 5.54 Å². The average molecular weight is 344 g/mol. The number of nitrogens with zero attached hydrogens (tertiary/aromatic N) is 3. The summed E-state index contributed by atoms with van der Waals surface area (Å²) >= 11 is 1.45. The summed E-state index contributed by atoms with van der Waals surface area (Å²) in [4.78, 5) is 19.7. The summed E-state index contributed by atoms with van der Waals surface area (Å²) in [7, 11) is 0. The fourth-order valence-electron chi connectivity index (χ4n) is 2.24. The number of rotatable bonds is 5. The first-order valence-electron chi connectivity index (χ1n) is 7.33. The fraction of sp³-hybridized carbons (Fsp3) is 0.250. The summed E-state index contributed by atoms with van der Waals surface area (Å²) in [6, 6.07) is 3.44. The number of allylic oxidation sites excluding steroid dienone is 2. The van der Waals surface area contributed by atoms with E-state index in [1.807, 2.05) is 12.3 Å². The molecule has 1 aliphatic rings. The normalized spacial score (nSPS) is 19.7. The van der Waals surface area contributed by atoms with Crippen molar-refractivity contribution in [1.82, 2.24) is 9.97 Å². The molecule has 1 atom stereocenters. The summed E-state index contributed by atoms with van der Waals surface area (Å²) in [5.41, 5.74) is -0.387. The highest BCUT2D eigenvalue weighted by Gasteiger charge is 2.44. The van der Waals surface area contributed by atoms with Crippen LogP contribution in [0.3, 0.4) is 0 Å². The first-order valence-corrected chi connectivity index (χ1v) is 8.21. The molecular formula is C16H16N4O3S. The lowest BCUT2D eigenvalue weighted by Gasteiger charge is -2.25. The van der Waals surface area contributed by atoms with Crippen LogP contribution in [0.2, 0.25) is 0 Å². The molecule has 124 valence electrons. The van der Waals surface area contributed by atoms with Gasteiger partial charge in [0, 0.05) is 29.8 Å². The van der Waals surface area contributed by atoms with Gasteiger partial charge in [-0.3, -0.25) is 10.1 Å². The van der Waals surface area contributed by atoms with E-state index in [9.17, 15) is 10.1 Å². The van der Waals surface area contributed by atoms with Crippen molar-refractivity contribution in [1.29, 1.82) is 0 Å². The standard InChI is InChI=1S/C16H16N4O3S/c1-11-10-24-15(18-11)19-14-12(6-5-9-17-14)23-13-7-3-4-8-16(13,2)20(21)22/h3-7,9-10H,8H2,1-2H3,(H,17,18,19). The van der Waals surface area contributed by atoms with Gasteiger partial charge in [-0.15, -0.1) is 11.3 Å². The lowest BCUT2D eigenvalue weighted by Crippen LogP contribution is -2.39. The second-order valence-electron chi connectivity index (χ2n) is 5.57. The second kappa shape index (κ2) is 6.40. The van der Waals surface area contributed by atoms with Crippen molar-refractivity contribution < 1.29 is 9.66 Å². The number of hydrogen-bond donors (Lipinski definition) is 1. The zero-order valence-corrected chi connectivity index (χ0v) is 14.0. The summed E-state index contributed by atoms with van der Waals surface area (Å²) in [6.07, 6.45) is 7.04. The molecule has 1 unspecified atom stereocenters. The highest BCUT2D eigenvalue weighted by molar-refractivity contribution is 7.13. The number of pyridine rings is 1. The molecule has 0 amide bonds. The van der Waals surface area contributed by atoms with E-state index in [1.165, 1.54) is 11.3 Å². The highest BCUT2D eigenvalue weighted by Crippen LogP contribution is 2.34. The molecule has 0 saturated heterocycles. The molecule has 8 heteroatoms. The predicted octanol–water partition coefficient (Wildman–Crippen LogP) is 3.85. The largest absolute Gasteiger partial charge is 0.450 e. The number of hydrogen-bond acceptors (Lipinski definition) is 7. The number of thiazole rings is 1. The molecule has 0 saturated carbocycles. The van der Waals surface area contributed by atoms with Crippen molar-refractivity contribution in [2.45, 2.75) is 25.8 Å². The molecule has 1 aliphatic carbocycles. The topological polar surface area (TPSA) is 90.2 Å². The number of nitrogens with one attached hydrogen (secondary N) is 1. The van der Waals surface area contributed by atoms with Gasteiger partial charge >= 0.3 is 0 Å². The fourth-order valence-corrected chi connectivity index (χ4v) is 2.93. The van der Waals surface area contributed by atoms with Crippen LogP contribution < -0.4 is 10.1 Å². The highest BCUT2D eigenvalue weighted by atomic mass is 32.1. The van der Waals surface area contributed by atoms with Gasteiger partial charge in [0.25, 0.3) is 5.54 Å². The van der Waals surface area contributed by atoms with Gasteiger partial charge in [0.1, 0.15) is 0 Å². The minimum Gasteiger partial charge on any atom is -0.450 e. The zero-order chi connectivity index (χ0) is 17.2. The van der Waals surface area contributed by atoms with E-state index in [1.54, 1.807) is 43.5 Å². The van der Waals surface area contributed by atoms with Gasteiger partial charge in [0.05, 0.1) is 5.69 Å². The van der Waals surface area contributed by atoms with Crippen molar-refractivity contribution in [3.63, 3.8) is 0 Å². The Morgan fingerprint density at radius 3 is 3.04 bits per heavy atom. The molecule has 0 bridgehead atoms. The Hall–Kier alpha value is -2.74. The maximum atomic E-state index is 11.5. The second-order valence-corrected chi connectivity index (χ2v) is 6.42. The first kappa shape index (κ1) is 16.1. The Labute approximate surface area is 142 Å². The van der Waals surface area contributed by atoms with Crippen LogP contribution in [0.1, 0.15) is 19.0 Å². The smallest absolute Gasteiger partial charge is 0.279 e. The minimum atomic E-state index is -1.29. The summed E-state index contributed by atoms with van der Waals surface area (Å²) in [5.74, 6) is 1.16. The van der Waals surface area contributed by atoms with Crippen LogP contribution in [0, 0.1) is 17.0 Å². The van der Waals surface area contributed by atoms with Crippen LogP contribution in [0.15, 0.2) is 47.7 Å². The van der Waals surface area contributed by atoms with Gasteiger partial charge in [0.15, 0.2) is 22.5 Å². The van der Waals surface area contributed by atoms with Crippen LogP contribution in [0.5, 0.6) is 5.75 Å². The molecule has 0 aromatic carbocycles. The van der Waals surface area contributed by atoms with Crippen molar-refractivity contribution in [2.24, 2.45) is 0 Å². The van der Waals surface area contributed by atoms with E-state index in [-0.39, 0.29) is 17.1 Å². The van der Waals surface area contributed by atoms with Crippen LogP contribution in [0.25, 0.3) is 0 Å². The van der Waals surface area contributed by atoms with E-state index in [4.69, 9.17) is 4.74 Å². The average Bonchev–Trinajstić information content (AvgIpc) is 2.96. The summed E-state index contributed by atoms with van der Waals surface area (Å²) < 4.78 is 5.86. The van der Waals surface area contributed by atoms with Crippen molar-refractivity contribution >= 4 is 22.3 Å². The van der Waals surface area contributed by atoms with Crippen molar-refractivity contribution in [2.75, 3.05) is 5.32 Å². The van der Waals surface area contributed by atoms with Gasteiger partial charge in [-0.2, -0.15) is 0 Å². The van der Waals surface area contributed by atoms with Crippen molar-refractivity contribution in [3.05, 3.63) is 63.5 Å². The molecule has 24 heavy (non-hydrogen) atoms. The van der Waals surface area contributed by atoms with Crippen LogP contribution in [0.4, 0.5) is 10.9 Å².